The molecule has 1 fully saturated rings. The second-order valence-corrected chi connectivity index (χ2v) is 6.66. The molecule has 140 valence electrons. The van der Waals surface area contributed by atoms with E-state index in [4.69, 9.17) is 11.1 Å². The summed E-state index contributed by atoms with van der Waals surface area (Å²) in [6, 6.07) is -0.108. The molecule has 0 radical (unpaired) electrons. The second kappa shape index (κ2) is 7.82. The Balaban J connectivity index is 2.04. The molecule has 8 heteroatoms. The van der Waals surface area contributed by atoms with Gasteiger partial charge in [0.15, 0.2) is 11.6 Å². The van der Waals surface area contributed by atoms with Gasteiger partial charge in [-0.1, -0.05) is 12.8 Å². The number of aromatic nitrogens is 1. The summed E-state index contributed by atoms with van der Waals surface area (Å²) in [6.07, 6.45) is 6.60. The lowest BCUT2D eigenvalue weighted by atomic mass is 9.91. The lowest BCUT2D eigenvalue weighted by Crippen LogP contribution is -2.43. The summed E-state index contributed by atoms with van der Waals surface area (Å²) >= 11 is 0. The maximum atomic E-state index is 15.0. The van der Waals surface area contributed by atoms with Crippen molar-refractivity contribution < 1.29 is 9.18 Å². The van der Waals surface area contributed by atoms with Crippen molar-refractivity contribution >= 4 is 23.5 Å². The van der Waals surface area contributed by atoms with Crippen LogP contribution in [-0.2, 0) is 6.54 Å². The van der Waals surface area contributed by atoms with Crippen molar-refractivity contribution in [1.82, 2.24) is 15.6 Å². The van der Waals surface area contributed by atoms with E-state index in [1.807, 2.05) is 6.92 Å². The highest BCUT2D eigenvalue weighted by atomic mass is 19.1. The molecule has 3 rings (SSSR count). The molecule has 0 saturated heterocycles. The van der Waals surface area contributed by atoms with E-state index < -0.39 is 5.82 Å². The minimum Gasteiger partial charge on any atom is -0.391 e. The molecule has 26 heavy (non-hydrogen) atoms. The molecule has 6 N–H and O–H groups in total. The van der Waals surface area contributed by atoms with E-state index in [1.54, 1.807) is 6.20 Å². The average molecular weight is 360 g/mol. The summed E-state index contributed by atoms with van der Waals surface area (Å²) in [5.41, 5.74) is 7.39. The van der Waals surface area contributed by atoms with E-state index >= 15 is 0 Å². The topological polar surface area (TPSA) is 116 Å². The lowest BCUT2D eigenvalue weighted by molar-refractivity contribution is 0.0965. The highest BCUT2D eigenvalue weighted by molar-refractivity contribution is 6.13. The fraction of sp³-hybridized carbons (Fsp3) is 0.500. The fourth-order valence-corrected chi connectivity index (χ4v) is 3.49. The minimum absolute atomic E-state index is 0.0529. The number of nitrogens with zero attached hydrogens (tertiary/aromatic N) is 1. The number of carbonyl (C=O) groups excluding carboxylic acids is 1. The van der Waals surface area contributed by atoms with Crippen molar-refractivity contribution in [3.63, 3.8) is 0 Å². The van der Waals surface area contributed by atoms with Gasteiger partial charge in [0.1, 0.15) is 0 Å². The summed E-state index contributed by atoms with van der Waals surface area (Å²) in [6.45, 7) is 2.70. The number of allylic oxidation sites excluding steroid dienone is 1. The summed E-state index contributed by atoms with van der Waals surface area (Å²) < 4.78 is 15.0. The van der Waals surface area contributed by atoms with Crippen molar-refractivity contribution in [2.75, 3.05) is 11.9 Å². The number of anilines is 1. The maximum Gasteiger partial charge on any atom is 0.254 e. The van der Waals surface area contributed by atoms with E-state index in [1.165, 1.54) is 0 Å². The summed E-state index contributed by atoms with van der Waals surface area (Å²) in [5, 5.41) is 16.5. The molecule has 1 aromatic heterocycles. The Morgan fingerprint density at radius 3 is 2.92 bits per heavy atom. The number of fused-ring (bicyclic) bond motifs is 1. The van der Waals surface area contributed by atoms with Crippen molar-refractivity contribution in [3.05, 3.63) is 28.8 Å². The highest BCUT2D eigenvalue weighted by Crippen LogP contribution is 2.31. The molecule has 7 nitrogen and oxygen atoms in total. The molecule has 0 aromatic carbocycles. The summed E-state index contributed by atoms with van der Waals surface area (Å²) in [5.74, 6) is -0.791. The van der Waals surface area contributed by atoms with Gasteiger partial charge in [0.05, 0.1) is 11.3 Å². The predicted octanol–water partition coefficient (Wildman–Crippen LogP) is 1.75. The van der Waals surface area contributed by atoms with Gasteiger partial charge >= 0.3 is 0 Å². The van der Waals surface area contributed by atoms with Gasteiger partial charge in [0.25, 0.3) is 5.91 Å². The molecule has 0 spiro atoms. The molecular formula is C18H25FN6O. The van der Waals surface area contributed by atoms with Crippen LogP contribution in [0.1, 0.15) is 54.2 Å². The van der Waals surface area contributed by atoms with Crippen LogP contribution in [-0.4, -0.2) is 35.7 Å². The number of amides is 1. The molecule has 1 aliphatic carbocycles. The second-order valence-electron chi connectivity index (χ2n) is 6.66. The van der Waals surface area contributed by atoms with E-state index in [-0.39, 0.29) is 41.5 Å². The van der Waals surface area contributed by atoms with Gasteiger partial charge in [-0.3, -0.25) is 4.79 Å². The molecule has 2 atom stereocenters. The third-order valence-corrected chi connectivity index (χ3v) is 4.92. The van der Waals surface area contributed by atoms with E-state index in [9.17, 15) is 9.18 Å². The van der Waals surface area contributed by atoms with Crippen molar-refractivity contribution in [1.29, 1.82) is 5.41 Å². The third-order valence-electron chi connectivity index (χ3n) is 4.92. The summed E-state index contributed by atoms with van der Waals surface area (Å²) in [4.78, 5) is 16.6. The lowest BCUT2D eigenvalue weighted by Gasteiger charge is -2.30. The van der Waals surface area contributed by atoms with Gasteiger partial charge in [-0.25, -0.2) is 9.37 Å². The number of pyridine rings is 1. The van der Waals surface area contributed by atoms with E-state index in [0.717, 1.165) is 31.9 Å². The zero-order chi connectivity index (χ0) is 18.7. The first-order chi connectivity index (χ1) is 12.6. The fourth-order valence-electron chi connectivity index (χ4n) is 3.49. The first kappa shape index (κ1) is 18.3. The molecule has 2 unspecified atom stereocenters. The number of hydrogen-bond donors (Lipinski definition) is 5. The van der Waals surface area contributed by atoms with Crippen LogP contribution in [0.3, 0.4) is 0 Å². The van der Waals surface area contributed by atoms with Crippen LogP contribution < -0.4 is 21.7 Å². The van der Waals surface area contributed by atoms with Crippen molar-refractivity contribution in [2.45, 2.75) is 51.2 Å². The Kier molecular flexibility index (Phi) is 5.51. The van der Waals surface area contributed by atoms with E-state index in [0.29, 0.717) is 17.8 Å². The quantitative estimate of drug-likeness (QED) is 0.496. The zero-order valence-corrected chi connectivity index (χ0v) is 14.9. The van der Waals surface area contributed by atoms with Gasteiger partial charge in [-0.15, -0.1) is 0 Å². The summed E-state index contributed by atoms with van der Waals surface area (Å²) in [7, 11) is 0. The van der Waals surface area contributed by atoms with Gasteiger partial charge in [-0.05, 0) is 19.8 Å². The Morgan fingerprint density at radius 2 is 2.23 bits per heavy atom. The van der Waals surface area contributed by atoms with Crippen molar-refractivity contribution in [2.24, 2.45) is 5.73 Å². The first-order valence-electron chi connectivity index (χ1n) is 9.03. The SMILES string of the molecule is CCN/C=C(\C=N)c1nc(NC2CCCCC2N)c(F)c2c1C(=O)NC2. The number of nitrogens with one attached hydrogen (secondary N) is 4. The van der Waals surface area contributed by atoms with Gasteiger partial charge in [0, 0.05) is 48.7 Å². The van der Waals surface area contributed by atoms with Gasteiger partial charge in [-0.2, -0.15) is 0 Å². The van der Waals surface area contributed by atoms with Crippen LogP contribution in [0.4, 0.5) is 10.2 Å². The number of nitrogens with two attached hydrogens (primary N) is 1. The zero-order valence-electron chi connectivity index (χ0n) is 14.9. The van der Waals surface area contributed by atoms with Crippen LogP contribution in [0.5, 0.6) is 0 Å². The molecule has 1 amide bonds. The number of hydrogen-bond acceptors (Lipinski definition) is 6. The molecule has 1 saturated carbocycles. The third kappa shape index (κ3) is 3.41. The van der Waals surface area contributed by atoms with E-state index in [2.05, 4.69) is 20.9 Å². The van der Waals surface area contributed by atoms with Crippen LogP contribution in [0, 0.1) is 11.2 Å². The van der Waals surface area contributed by atoms with Gasteiger partial charge < -0.3 is 27.1 Å². The van der Waals surface area contributed by atoms with Crippen LogP contribution in [0.2, 0.25) is 0 Å². The number of carbonyl (C=O) groups is 1. The molecular weight excluding hydrogens is 335 g/mol. The van der Waals surface area contributed by atoms with Gasteiger partial charge in [0.2, 0.25) is 0 Å². The molecule has 1 aliphatic heterocycles. The molecule has 0 bridgehead atoms. The Morgan fingerprint density at radius 1 is 1.46 bits per heavy atom. The normalized spacial score (nSPS) is 22.6. The smallest absolute Gasteiger partial charge is 0.254 e. The van der Waals surface area contributed by atoms with Crippen LogP contribution in [0.25, 0.3) is 5.57 Å². The largest absolute Gasteiger partial charge is 0.391 e. The molecule has 1 aromatic rings. The maximum absolute atomic E-state index is 15.0. The number of halogens is 1. The van der Waals surface area contributed by atoms with Crippen LogP contribution in [0.15, 0.2) is 6.20 Å². The highest BCUT2D eigenvalue weighted by Gasteiger charge is 2.32. The molecule has 2 aliphatic rings. The standard InChI is InChI=1S/C18H25FN6O/c1-2-22-8-10(7-20)16-14-11(9-23-18(14)26)15(19)17(25-16)24-13-6-4-3-5-12(13)21/h7-8,12-13,20,22H,2-6,9,21H2,1H3,(H,23,26)(H,24,25)/b10-8+,20-7?. The Labute approximate surface area is 152 Å². The minimum atomic E-state index is -0.521. The Bertz CT molecular complexity index is 748. The average Bonchev–Trinajstić information content (AvgIpc) is 3.03. The number of rotatable bonds is 6. The Hall–Kier alpha value is -2.48. The molecule has 2 heterocycles. The van der Waals surface area contributed by atoms with Crippen molar-refractivity contribution in [3.8, 4) is 0 Å². The van der Waals surface area contributed by atoms with Crippen LogP contribution >= 0.6 is 0 Å². The predicted molar refractivity (Wildman–Crippen MR) is 99.7 cm³/mol. The first-order valence-corrected chi connectivity index (χ1v) is 9.03. The monoisotopic (exact) mass is 360 g/mol.